The Bertz CT molecular complexity index is 508. The van der Waals surface area contributed by atoms with E-state index in [1.807, 2.05) is 0 Å². The number of hydrogen-bond donors (Lipinski definition) is 0. The van der Waals surface area contributed by atoms with Gasteiger partial charge in [-0.2, -0.15) is 23.5 Å². The van der Waals surface area contributed by atoms with Gasteiger partial charge in [-0.25, -0.2) is 0 Å². The summed E-state index contributed by atoms with van der Waals surface area (Å²) >= 11 is 4.65. The molecule has 0 saturated carbocycles. The number of rotatable bonds is 5. The molecule has 2 heteroatoms. The first-order valence-electron chi connectivity index (χ1n) is 10.0. The maximum atomic E-state index is 4.17. The van der Waals surface area contributed by atoms with Crippen molar-refractivity contribution in [2.24, 2.45) is 29.6 Å². The Morgan fingerprint density at radius 2 is 2.08 bits per heavy atom. The summed E-state index contributed by atoms with van der Waals surface area (Å²) in [6.45, 7) is 6.52. The second-order valence-electron chi connectivity index (χ2n) is 8.36. The molecule has 0 bridgehead atoms. The van der Waals surface area contributed by atoms with Gasteiger partial charge >= 0.3 is 0 Å². The van der Waals surface area contributed by atoms with Crippen LogP contribution in [-0.2, 0) is 0 Å². The van der Waals surface area contributed by atoms with E-state index in [0.717, 1.165) is 39.4 Å². The van der Waals surface area contributed by atoms with Crippen LogP contribution in [0.1, 0.15) is 45.4 Å². The lowest BCUT2D eigenvalue weighted by atomic mass is 9.78. The standard InChI is InChI=1S/C22H32S2/c1-3-16(17-10-8-15(2)9-11-17)12-13-18-14-23-22-19-6-4-5-7-20(19)24-21(18)22/h3-4,6,8,10,15-22H,1,5,7,9,11-14H2,2H3/t15-,16?,17?,18?,19?,20-,21?,22+/m1/s1. The van der Waals surface area contributed by atoms with Crippen LogP contribution in [-0.4, -0.2) is 21.5 Å². The lowest BCUT2D eigenvalue weighted by Crippen LogP contribution is -2.24. The average Bonchev–Trinajstić information content (AvgIpc) is 3.16. The van der Waals surface area contributed by atoms with E-state index in [-0.39, 0.29) is 0 Å². The lowest BCUT2D eigenvalue weighted by Gasteiger charge is -2.28. The van der Waals surface area contributed by atoms with Gasteiger partial charge in [-0.15, -0.1) is 6.58 Å². The molecule has 24 heavy (non-hydrogen) atoms. The van der Waals surface area contributed by atoms with Gasteiger partial charge < -0.3 is 0 Å². The summed E-state index contributed by atoms with van der Waals surface area (Å²) in [5.41, 5.74) is 0. The molecule has 0 aromatic carbocycles. The number of allylic oxidation sites excluding steroid dienone is 5. The second kappa shape index (κ2) is 7.66. The van der Waals surface area contributed by atoms with Crippen LogP contribution < -0.4 is 0 Å². The SMILES string of the molecule is C=CC(CCC1CS[C@@H]2C1S[C@@H]1CCC=CC21)C1C=C[C@@H](C)CC1. The minimum absolute atomic E-state index is 0.700. The highest BCUT2D eigenvalue weighted by Crippen LogP contribution is 2.56. The summed E-state index contributed by atoms with van der Waals surface area (Å²) in [5, 5.41) is 2.78. The number of fused-ring (bicyclic) bond motifs is 3. The predicted molar refractivity (Wildman–Crippen MR) is 111 cm³/mol. The van der Waals surface area contributed by atoms with Gasteiger partial charge in [0.05, 0.1) is 0 Å². The lowest BCUT2D eigenvalue weighted by molar-refractivity contribution is 0.347. The van der Waals surface area contributed by atoms with E-state index in [9.17, 15) is 0 Å². The van der Waals surface area contributed by atoms with Crippen molar-refractivity contribution in [2.45, 2.75) is 61.2 Å². The Hall–Kier alpha value is -0.0800. The van der Waals surface area contributed by atoms with Gasteiger partial charge in [0.2, 0.25) is 0 Å². The number of hydrogen-bond acceptors (Lipinski definition) is 2. The van der Waals surface area contributed by atoms with Crippen molar-refractivity contribution in [3.05, 3.63) is 37.0 Å². The molecule has 5 unspecified atom stereocenters. The van der Waals surface area contributed by atoms with Crippen LogP contribution in [0.5, 0.6) is 0 Å². The van der Waals surface area contributed by atoms with Crippen LogP contribution in [0.3, 0.4) is 0 Å². The Balaban J connectivity index is 1.34. The Morgan fingerprint density at radius 1 is 1.17 bits per heavy atom. The van der Waals surface area contributed by atoms with Gasteiger partial charge in [0.1, 0.15) is 0 Å². The molecule has 0 aromatic rings. The predicted octanol–water partition coefficient (Wildman–Crippen LogP) is 6.35. The van der Waals surface area contributed by atoms with Crippen molar-refractivity contribution < 1.29 is 0 Å². The van der Waals surface area contributed by atoms with Crippen LogP contribution in [0.15, 0.2) is 37.0 Å². The van der Waals surface area contributed by atoms with E-state index in [1.165, 1.54) is 44.3 Å². The first-order valence-corrected chi connectivity index (χ1v) is 12.0. The molecular weight excluding hydrogens is 328 g/mol. The van der Waals surface area contributed by atoms with Crippen LogP contribution >= 0.6 is 23.5 Å². The van der Waals surface area contributed by atoms with Gasteiger partial charge in [-0.05, 0) is 67.9 Å². The first kappa shape index (κ1) is 17.3. The highest BCUT2D eigenvalue weighted by Gasteiger charge is 2.50. The fourth-order valence-electron chi connectivity index (χ4n) is 5.22. The van der Waals surface area contributed by atoms with Crippen LogP contribution in [0.4, 0.5) is 0 Å². The molecule has 2 fully saturated rings. The molecule has 4 rings (SSSR count). The molecule has 0 amide bonds. The first-order chi connectivity index (χ1) is 11.8. The van der Waals surface area contributed by atoms with E-state index in [2.05, 4.69) is 67.4 Å². The van der Waals surface area contributed by atoms with E-state index in [4.69, 9.17) is 0 Å². The van der Waals surface area contributed by atoms with Crippen molar-refractivity contribution in [3.63, 3.8) is 0 Å². The highest BCUT2D eigenvalue weighted by molar-refractivity contribution is 8.05. The minimum Gasteiger partial charge on any atom is -0.156 e. The van der Waals surface area contributed by atoms with E-state index in [1.54, 1.807) is 0 Å². The molecule has 4 aliphatic rings. The molecule has 132 valence electrons. The van der Waals surface area contributed by atoms with E-state index >= 15 is 0 Å². The second-order valence-corrected chi connectivity index (χ2v) is 11.0. The zero-order valence-electron chi connectivity index (χ0n) is 15.0. The average molecular weight is 361 g/mol. The van der Waals surface area contributed by atoms with Crippen LogP contribution in [0.2, 0.25) is 0 Å². The smallest absolute Gasteiger partial charge is 0.0243 e. The zero-order chi connectivity index (χ0) is 16.5. The van der Waals surface area contributed by atoms with E-state index in [0.29, 0.717) is 5.92 Å². The third kappa shape index (κ3) is 3.43. The molecular formula is C22H32S2. The third-order valence-corrected chi connectivity index (χ3v) is 10.5. The topological polar surface area (TPSA) is 0 Å². The summed E-state index contributed by atoms with van der Waals surface area (Å²) in [5.74, 6) is 5.46. The zero-order valence-corrected chi connectivity index (χ0v) is 16.6. The molecule has 0 N–H and O–H groups in total. The van der Waals surface area contributed by atoms with Gasteiger partial charge in [0.25, 0.3) is 0 Å². The molecule has 2 heterocycles. The fourth-order valence-corrected chi connectivity index (χ4v) is 9.54. The summed E-state index contributed by atoms with van der Waals surface area (Å²) in [4.78, 5) is 0. The minimum atomic E-state index is 0.700. The summed E-state index contributed by atoms with van der Waals surface area (Å²) in [7, 11) is 0. The summed E-state index contributed by atoms with van der Waals surface area (Å²) in [6.07, 6.45) is 20.4. The normalized spacial score (nSPS) is 45.0. The van der Waals surface area contributed by atoms with Crippen molar-refractivity contribution in [2.75, 3.05) is 5.75 Å². The van der Waals surface area contributed by atoms with Gasteiger partial charge in [0.15, 0.2) is 0 Å². The molecule has 2 saturated heterocycles. The Morgan fingerprint density at radius 3 is 2.88 bits per heavy atom. The molecule has 0 aromatic heterocycles. The summed E-state index contributed by atoms with van der Waals surface area (Å²) in [6, 6.07) is 0. The van der Waals surface area contributed by atoms with Crippen molar-refractivity contribution in [3.8, 4) is 0 Å². The van der Waals surface area contributed by atoms with Crippen LogP contribution in [0.25, 0.3) is 0 Å². The van der Waals surface area contributed by atoms with Crippen molar-refractivity contribution >= 4 is 23.5 Å². The quantitative estimate of drug-likeness (QED) is 0.524. The maximum Gasteiger partial charge on any atom is 0.0243 e. The van der Waals surface area contributed by atoms with Crippen LogP contribution in [0, 0.1) is 29.6 Å². The van der Waals surface area contributed by atoms with Gasteiger partial charge in [-0.1, -0.05) is 37.3 Å². The molecule has 0 nitrogen and oxygen atoms in total. The van der Waals surface area contributed by atoms with Crippen molar-refractivity contribution in [1.82, 2.24) is 0 Å². The largest absolute Gasteiger partial charge is 0.156 e. The Labute approximate surface area is 157 Å². The summed E-state index contributed by atoms with van der Waals surface area (Å²) < 4.78 is 0. The van der Waals surface area contributed by atoms with Gasteiger partial charge in [0, 0.05) is 21.7 Å². The molecule has 2 aliphatic heterocycles. The Kier molecular flexibility index (Phi) is 5.53. The van der Waals surface area contributed by atoms with Gasteiger partial charge in [-0.3, -0.25) is 0 Å². The third-order valence-electron chi connectivity index (χ3n) is 6.77. The molecule has 0 spiro atoms. The monoisotopic (exact) mass is 360 g/mol. The van der Waals surface area contributed by atoms with Crippen molar-refractivity contribution in [1.29, 1.82) is 0 Å². The highest BCUT2D eigenvalue weighted by atomic mass is 32.2. The number of thioether (sulfide) groups is 2. The maximum absolute atomic E-state index is 4.17. The fraction of sp³-hybridized carbons (Fsp3) is 0.727. The molecule has 0 radical (unpaired) electrons. The molecule has 2 aliphatic carbocycles. The van der Waals surface area contributed by atoms with E-state index < -0.39 is 0 Å². The molecule has 8 atom stereocenters.